The first-order chi connectivity index (χ1) is 18.9. The number of hydrogen-bond acceptors (Lipinski definition) is 6. The molecule has 5 rings (SSSR count). The summed E-state index contributed by atoms with van der Waals surface area (Å²) in [7, 11) is 0. The molecule has 1 N–H and O–H groups in total. The molecule has 0 saturated heterocycles. The summed E-state index contributed by atoms with van der Waals surface area (Å²) in [5.41, 5.74) is 4.05. The Kier molecular flexibility index (Phi) is 7.97. The fraction of sp³-hybridized carbons (Fsp3) is 0.267. The lowest BCUT2D eigenvalue weighted by molar-refractivity contribution is -0.136. The molecule has 0 saturated carbocycles. The highest BCUT2D eigenvalue weighted by atomic mass is 32.1. The van der Waals surface area contributed by atoms with Crippen LogP contribution in [0.15, 0.2) is 72.4 Å². The fourth-order valence-corrected chi connectivity index (χ4v) is 5.37. The molecular weight excluding hydrogens is 515 g/mol. The van der Waals surface area contributed by atoms with Crippen LogP contribution in [-0.2, 0) is 24.4 Å². The molecular formula is C30H29FN4O3S. The summed E-state index contributed by atoms with van der Waals surface area (Å²) in [6.07, 6.45) is 4.07. The van der Waals surface area contributed by atoms with Crippen LogP contribution in [0.25, 0.3) is 0 Å². The van der Waals surface area contributed by atoms with E-state index in [1.807, 2.05) is 55.1 Å². The number of carbonyl (C=O) groups is 2. The van der Waals surface area contributed by atoms with Crippen LogP contribution < -0.4 is 10.1 Å². The van der Waals surface area contributed by atoms with Crippen LogP contribution in [0, 0.1) is 11.7 Å². The Balaban J connectivity index is 1.31. The number of thiazole rings is 1. The second kappa shape index (κ2) is 11.7. The summed E-state index contributed by atoms with van der Waals surface area (Å²) in [5.74, 6) is -0.126. The Bertz CT molecular complexity index is 1470. The largest absolute Gasteiger partial charge is 0.486 e. The zero-order chi connectivity index (χ0) is 27.4. The van der Waals surface area contributed by atoms with E-state index in [2.05, 4.69) is 15.3 Å². The Morgan fingerprint density at radius 2 is 1.97 bits per heavy atom. The predicted molar refractivity (Wildman–Crippen MR) is 147 cm³/mol. The lowest BCUT2D eigenvalue weighted by Gasteiger charge is -2.39. The Labute approximate surface area is 230 Å². The van der Waals surface area contributed by atoms with Gasteiger partial charge in [-0.1, -0.05) is 32.0 Å². The number of aromatic nitrogens is 2. The van der Waals surface area contributed by atoms with Crippen LogP contribution in [0.4, 0.5) is 4.39 Å². The van der Waals surface area contributed by atoms with Gasteiger partial charge in [0.2, 0.25) is 5.91 Å². The molecule has 2 aromatic heterocycles. The SMILES string of the molecule is CC(C)C(=O)N1CCc2ccc(OCc3nc(C(=O)NCc4ccncc4)cs3)cc2[C@@H]1c1cccc(F)c1. The van der Waals surface area contributed by atoms with Crippen molar-refractivity contribution in [1.29, 1.82) is 0 Å². The minimum atomic E-state index is -0.404. The molecule has 200 valence electrons. The van der Waals surface area contributed by atoms with Crippen molar-refractivity contribution in [3.05, 3.63) is 111 Å². The van der Waals surface area contributed by atoms with Crippen molar-refractivity contribution >= 4 is 23.2 Å². The zero-order valence-corrected chi connectivity index (χ0v) is 22.6. The first kappa shape index (κ1) is 26.5. The van der Waals surface area contributed by atoms with Gasteiger partial charge in [0.1, 0.15) is 28.9 Å². The summed E-state index contributed by atoms with van der Waals surface area (Å²) in [6.45, 7) is 4.91. The topological polar surface area (TPSA) is 84.4 Å². The average Bonchev–Trinajstić information content (AvgIpc) is 3.43. The molecule has 0 aliphatic carbocycles. The number of carbonyl (C=O) groups excluding carboxylic acids is 2. The molecule has 1 aliphatic heterocycles. The van der Waals surface area contributed by atoms with Gasteiger partial charge in [-0.05, 0) is 65.1 Å². The van der Waals surface area contributed by atoms with Gasteiger partial charge in [0.25, 0.3) is 5.91 Å². The minimum absolute atomic E-state index is 0.0266. The number of amides is 2. The van der Waals surface area contributed by atoms with Crippen LogP contribution in [0.1, 0.15) is 57.6 Å². The van der Waals surface area contributed by atoms with E-state index in [1.165, 1.54) is 23.5 Å². The summed E-state index contributed by atoms with van der Waals surface area (Å²) in [5, 5.41) is 5.24. The number of halogens is 1. The lowest BCUT2D eigenvalue weighted by Crippen LogP contribution is -2.42. The van der Waals surface area contributed by atoms with Crippen LogP contribution in [0.3, 0.4) is 0 Å². The van der Waals surface area contributed by atoms with Crippen LogP contribution in [0.2, 0.25) is 0 Å². The van der Waals surface area contributed by atoms with Crippen molar-refractivity contribution in [3.63, 3.8) is 0 Å². The summed E-state index contributed by atoms with van der Waals surface area (Å²) in [4.78, 5) is 35.9. The molecule has 2 amide bonds. The second-order valence-corrected chi connectivity index (χ2v) is 10.7. The van der Waals surface area contributed by atoms with E-state index in [0.717, 1.165) is 22.3 Å². The van der Waals surface area contributed by atoms with Crippen molar-refractivity contribution in [2.24, 2.45) is 5.92 Å². The number of pyridine rings is 1. The molecule has 3 heterocycles. The summed E-state index contributed by atoms with van der Waals surface area (Å²) < 4.78 is 20.3. The first-order valence-corrected chi connectivity index (χ1v) is 13.7. The molecule has 0 unspecified atom stereocenters. The maximum atomic E-state index is 14.2. The normalized spacial score (nSPS) is 14.7. The smallest absolute Gasteiger partial charge is 0.271 e. The molecule has 7 nitrogen and oxygen atoms in total. The van der Waals surface area contributed by atoms with Crippen molar-refractivity contribution in [2.75, 3.05) is 6.54 Å². The van der Waals surface area contributed by atoms with Gasteiger partial charge >= 0.3 is 0 Å². The number of nitrogens with zero attached hydrogens (tertiary/aromatic N) is 3. The lowest BCUT2D eigenvalue weighted by atomic mass is 9.87. The average molecular weight is 545 g/mol. The Morgan fingerprint density at radius 1 is 1.15 bits per heavy atom. The van der Waals surface area contributed by atoms with E-state index < -0.39 is 6.04 Å². The highest BCUT2D eigenvalue weighted by molar-refractivity contribution is 7.09. The monoisotopic (exact) mass is 544 g/mol. The molecule has 0 fully saturated rings. The van der Waals surface area contributed by atoms with Crippen LogP contribution in [-0.4, -0.2) is 33.2 Å². The molecule has 9 heteroatoms. The predicted octanol–water partition coefficient (Wildman–Crippen LogP) is 5.32. The van der Waals surface area contributed by atoms with Gasteiger partial charge in [-0.3, -0.25) is 14.6 Å². The first-order valence-electron chi connectivity index (χ1n) is 12.8. The van der Waals surface area contributed by atoms with Crippen molar-refractivity contribution in [1.82, 2.24) is 20.2 Å². The molecule has 0 radical (unpaired) electrons. The Morgan fingerprint density at radius 3 is 2.74 bits per heavy atom. The highest BCUT2D eigenvalue weighted by Gasteiger charge is 2.33. The molecule has 0 bridgehead atoms. The molecule has 0 spiro atoms. The molecule has 2 aromatic carbocycles. The van der Waals surface area contributed by atoms with E-state index in [4.69, 9.17) is 4.74 Å². The molecule has 4 aromatic rings. The van der Waals surface area contributed by atoms with Gasteiger partial charge < -0.3 is 15.0 Å². The van der Waals surface area contributed by atoms with Gasteiger partial charge in [0.05, 0.1) is 6.04 Å². The number of rotatable bonds is 8. The van der Waals surface area contributed by atoms with Gasteiger partial charge in [-0.2, -0.15) is 0 Å². The van der Waals surface area contributed by atoms with Gasteiger partial charge in [-0.25, -0.2) is 9.37 Å². The highest BCUT2D eigenvalue weighted by Crippen LogP contribution is 2.38. The van der Waals surface area contributed by atoms with E-state index >= 15 is 0 Å². The number of nitrogens with one attached hydrogen (secondary N) is 1. The van der Waals surface area contributed by atoms with Crippen LogP contribution in [0.5, 0.6) is 5.75 Å². The number of fused-ring (bicyclic) bond motifs is 1. The quantitative estimate of drug-likeness (QED) is 0.325. The van der Waals surface area contributed by atoms with E-state index in [-0.39, 0.29) is 30.2 Å². The van der Waals surface area contributed by atoms with Crippen molar-refractivity contribution < 1.29 is 18.7 Å². The van der Waals surface area contributed by atoms with E-state index in [0.29, 0.717) is 36.0 Å². The van der Waals surface area contributed by atoms with Crippen LogP contribution >= 0.6 is 11.3 Å². The molecule has 1 aliphatic rings. The zero-order valence-electron chi connectivity index (χ0n) is 21.8. The minimum Gasteiger partial charge on any atom is -0.486 e. The molecule has 1 atom stereocenters. The van der Waals surface area contributed by atoms with E-state index in [1.54, 1.807) is 23.8 Å². The van der Waals surface area contributed by atoms with E-state index in [9.17, 15) is 14.0 Å². The van der Waals surface area contributed by atoms with Crippen molar-refractivity contribution in [2.45, 2.75) is 39.5 Å². The number of hydrogen-bond donors (Lipinski definition) is 1. The fourth-order valence-electron chi connectivity index (χ4n) is 4.69. The third-order valence-corrected chi connectivity index (χ3v) is 7.46. The second-order valence-electron chi connectivity index (χ2n) is 9.71. The van der Waals surface area contributed by atoms with Gasteiger partial charge in [-0.15, -0.1) is 11.3 Å². The number of benzene rings is 2. The number of ether oxygens (including phenoxy) is 1. The van der Waals surface area contributed by atoms with Crippen molar-refractivity contribution in [3.8, 4) is 5.75 Å². The third-order valence-electron chi connectivity index (χ3n) is 6.64. The third kappa shape index (κ3) is 6.15. The molecule has 39 heavy (non-hydrogen) atoms. The van der Waals surface area contributed by atoms with Gasteiger partial charge in [0.15, 0.2) is 0 Å². The standard InChI is InChI=1S/C30H29FN4O3S/c1-19(2)30(37)35-13-10-21-6-7-24(15-25(21)28(35)22-4-3-5-23(31)14-22)38-17-27-34-26(18-39-27)29(36)33-16-20-8-11-32-12-9-20/h3-9,11-12,14-15,18-19,28H,10,13,16-17H2,1-2H3,(H,33,36)/t28-/m0/s1. The summed E-state index contributed by atoms with van der Waals surface area (Å²) in [6, 6.07) is 15.5. The van der Waals surface area contributed by atoms with Gasteiger partial charge in [0, 0.05) is 36.8 Å². The maximum absolute atomic E-state index is 14.2. The Hall–Kier alpha value is -4.11. The summed E-state index contributed by atoms with van der Waals surface area (Å²) >= 11 is 1.35. The maximum Gasteiger partial charge on any atom is 0.271 e.